The fourth-order valence-electron chi connectivity index (χ4n) is 2.60. The summed E-state index contributed by atoms with van der Waals surface area (Å²) in [6.45, 7) is -0.0750. The second kappa shape index (κ2) is 10.6. The van der Waals surface area contributed by atoms with Crippen molar-refractivity contribution < 1.29 is 66.9 Å². The van der Waals surface area contributed by atoms with E-state index in [0.717, 1.165) is 12.1 Å². The Kier molecular flexibility index (Phi) is 8.43. The normalized spacial score (nSPS) is 10.9. The molecule has 10 heteroatoms. The van der Waals surface area contributed by atoms with E-state index in [9.17, 15) is 27.9 Å². The van der Waals surface area contributed by atoms with E-state index in [-0.39, 0.29) is 48.5 Å². The van der Waals surface area contributed by atoms with Gasteiger partial charge in [0.05, 0.1) is 17.5 Å². The SMILES string of the molecule is O=C([O-])CCC(=O)OCc1cccc(Oc2ccc3cc(C(F)(F)F)ccc3n2)c1.[Na+]. The summed E-state index contributed by atoms with van der Waals surface area (Å²) < 4.78 is 49.1. The molecule has 156 valence electrons. The number of ether oxygens (including phenoxy) is 2. The number of fused-ring (bicyclic) bond motifs is 1. The van der Waals surface area contributed by atoms with Crippen LogP contribution in [0.5, 0.6) is 11.6 Å². The second-order valence-electron chi connectivity index (χ2n) is 6.34. The van der Waals surface area contributed by atoms with Crippen molar-refractivity contribution in [3.8, 4) is 11.6 Å². The number of halogens is 3. The molecule has 0 aliphatic carbocycles. The Balaban J connectivity index is 0.00000341. The molecular formula is C21H15F3NNaO5. The fourth-order valence-corrected chi connectivity index (χ4v) is 2.60. The van der Waals surface area contributed by atoms with Gasteiger partial charge in [-0.15, -0.1) is 0 Å². The number of aliphatic carboxylic acids is 1. The summed E-state index contributed by atoms with van der Waals surface area (Å²) in [4.78, 5) is 26.0. The van der Waals surface area contributed by atoms with Gasteiger partial charge in [0.2, 0.25) is 5.88 Å². The zero-order chi connectivity index (χ0) is 21.7. The Hall–Kier alpha value is -2.62. The molecule has 6 nitrogen and oxygen atoms in total. The number of carbonyl (C=O) groups excluding carboxylic acids is 2. The van der Waals surface area contributed by atoms with Gasteiger partial charge in [0, 0.05) is 17.4 Å². The summed E-state index contributed by atoms with van der Waals surface area (Å²) in [5.41, 5.74) is 0.191. The summed E-state index contributed by atoms with van der Waals surface area (Å²) in [5, 5.41) is 10.7. The first-order chi connectivity index (χ1) is 14.2. The summed E-state index contributed by atoms with van der Waals surface area (Å²) in [6.07, 6.45) is -5.13. The van der Waals surface area contributed by atoms with Crippen LogP contribution in [-0.2, 0) is 27.1 Å². The predicted molar refractivity (Wildman–Crippen MR) is 97.3 cm³/mol. The number of aromatic nitrogens is 1. The molecule has 0 aliphatic rings. The van der Waals surface area contributed by atoms with Gasteiger partial charge in [-0.05, 0) is 48.4 Å². The molecule has 0 unspecified atom stereocenters. The van der Waals surface area contributed by atoms with Crippen LogP contribution in [0.25, 0.3) is 10.9 Å². The van der Waals surface area contributed by atoms with Crippen LogP contribution >= 0.6 is 0 Å². The van der Waals surface area contributed by atoms with Crippen LogP contribution in [0.15, 0.2) is 54.6 Å². The van der Waals surface area contributed by atoms with Crippen LogP contribution in [0.4, 0.5) is 13.2 Å². The van der Waals surface area contributed by atoms with Crippen molar-refractivity contribution in [2.45, 2.75) is 25.6 Å². The standard InChI is InChI=1S/C21H16F3NO5.Na/c22-21(23,24)15-5-6-17-14(11-15)4-7-18(25-17)30-16-3-1-2-13(10-16)12-29-20(28)9-8-19(26)27;/h1-7,10-11H,8-9,12H2,(H,26,27);/q;+1/p-1. The molecule has 0 atom stereocenters. The van der Waals surface area contributed by atoms with Crippen molar-refractivity contribution in [2.24, 2.45) is 0 Å². The molecule has 0 radical (unpaired) electrons. The van der Waals surface area contributed by atoms with Gasteiger partial charge in [-0.2, -0.15) is 13.2 Å². The van der Waals surface area contributed by atoms with Crippen molar-refractivity contribution in [3.05, 3.63) is 65.7 Å². The first-order valence-corrected chi connectivity index (χ1v) is 8.81. The first kappa shape index (κ1) is 24.6. The maximum absolute atomic E-state index is 12.8. The third-order valence-electron chi connectivity index (χ3n) is 4.04. The number of pyridine rings is 1. The number of hydrogen-bond donors (Lipinski definition) is 0. The number of carboxylic acid groups (broad SMARTS) is 1. The molecule has 2 aromatic carbocycles. The van der Waals surface area contributed by atoms with Gasteiger partial charge < -0.3 is 19.4 Å². The van der Waals surface area contributed by atoms with Crippen molar-refractivity contribution in [1.82, 2.24) is 4.98 Å². The number of alkyl halides is 3. The molecule has 0 saturated heterocycles. The molecule has 0 amide bonds. The minimum Gasteiger partial charge on any atom is -0.550 e. The van der Waals surface area contributed by atoms with Gasteiger partial charge in [0.1, 0.15) is 12.4 Å². The Labute approximate surface area is 197 Å². The third-order valence-corrected chi connectivity index (χ3v) is 4.04. The van der Waals surface area contributed by atoms with Crippen LogP contribution in [0, 0.1) is 0 Å². The predicted octanol–water partition coefficient (Wildman–Crippen LogP) is 0.623. The average Bonchev–Trinajstić information content (AvgIpc) is 2.70. The molecule has 1 heterocycles. The number of carboxylic acids is 1. The minimum atomic E-state index is -4.43. The summed E-state index contributed by atoms with van der Waals surface area (Å²) in [7, 11) is 0. The maximum atomic E-state index is 12.8. The Morgan fingerprint density at radius 3 is 2.48 bits per heavy atom. The van der Waals surface area contributed by atoms with Crippen LogP contribution in [0.3, 0.4) is 0 Å². The Morgan fingerprint density at radius 2 is 1.77 bits per heavy atom. The van der Waals surface area contributed by atoms with Crippen molar-refractivity contribution >= 4 is 22.8 Å². The van der Waals surface area contributed by atoms with Crippen LogP contribution in [0.1, 0.15) is 24.0 Å². The molecule has 3 rings (SSSR count). The summed E-state index contributed by atoms with van der Waals surface area (Å²) in [5.74, 6) is -1.43. The van der Waals surface area contributed by atoms with E-state index in [0.29, 0.717) is 22.2 Å². The van der Waals surface area contributed by atoms with Gasteiger partial charge in [-0.25, -0.2) is 4.98 Å². The van der Waals surface area contributed by atoms with Crippen LogP contribution < -0.4 is 39.4 Å². The zero-order valence-electron chi connectivity index (χ0n) is 16.4. The van der Waals surface area contributed by atoms with Gasteiger partial charge in [-0.3, -0.25) is 4.79 Å². The monoisotopic (exact) mass is 441 g/mol. The number of esters is 1. The number of benzene rings is 2. The van der Waals surface area contributed by atoms with E-state index >= 15 is 0 Å². The quantitative estimate of drug-likeness (QED) is 0.395. The maximum Gasteiger partial charge on any atom is 1.00 e. The fraction of sp³-hybridized carbons (Fsp3) is 0.190. The van der Waals surface area contributed by atoms with Crippen molar-refractivity contribution in [1.29, 1.82) is 0 Å². The first-order valence-electron chi connectivity index (χ1n) is 8.81. The number of hydrogen-bond acceptors (Lipinski definition) is 6. The van der Waals surface area contributed by atoms with Crippen LogP contribution in [-0.4, -0.2) is 16.9 Å². The average molecular weight is 441 g/mol. The molecule has 0 spiro atoms. The molecule has 0 fully saturated rings. The molecule has 0 N–H and O–H groups in total. The minimum absolute atomic E-state index is 0. The molecule has 0 aliphatic heterocycles. The smallest absolute Gasteiger partial charge is 0.550 e. The largest absolute Gasteiger partial charge is 1.00 e. The second-order valence-corrected chi connectivity index (χ2v) is 6.34. The molecule has 0 saturated carbocycles. The van der Waals surface area contributed by atoms with E-state index < -0.39 is 30.1 Å². The number of nitrogens with zero attached hydrogens (tertiary/aromatic N) is 1. The van der Waals surface area contributed by atoms with E-state index in [1.165, 1.54) is 18.2 Å². The summed E-state index contributed by atoms with van der Waals surface area (Å²) in [6, 6.07) is 12.8. The van der Waals surface area contributed by atoms with Gasteiger partial charge >= 0.3 is 41.7 Å². The van der Waals surface area contributed by atoms with Crippen molar-refractivity contribution in [2.75, 3.05) is 0 Å². The van der Waals surface area contributed by atoms with Crippen molar-refractivity contribution in [3.63, 3.8) is 0 Å². The Morgan fingerprint density at radius 1 is 1.00 bits per heavy atom. The van der Waals surface area contributed by atoms with Gasteiger partial charge in [-0.1, -0.05) is 12.1 Å². The molecule has 1 aromatic heterocycles. The van der Waals surface area contributed by atoms with E-state index in [4.69, 9.17) is 9.47 Å². The Bertz CT molecular complexity index is 1090. The van der Waals surface area contributed by atoms with E-state index in [2.05, 4.69) is 4.98 Å². The van der Waals surface area contributed by atoms with Gasteiger partial charge in [0.25, 0.3) is 0 Å². The summed E-state index contributed by atoms with van der Waals surface area (Å²) >= 11 is 0. The molecule has 31 heavy (non-hydrogen) atoms. The van der Waals surface area contributed by atoms with Gasteiger partial charge in [0.15, 0.2) is 0 Å². The molecule has 3 aromatic rings. The third kappa shape index (κ3) is 7.23. The molecule has 0 bridgehead atoms. The number of carbonyl (C=O) groups is 2. The number of rotatable bonds is 7. The van der Waals surface area contributed by atoms with E-state index in [1.54, 1.807) is 24.3 Å². The zero-order valence-corrected chi connectivity index (χ0v) is 18.4. The van der Waals surface area contributed by atoms with E-state index in [1.807, 2.05) is 0 Å². The van der Waals surface area contributed by atoms with Crippen LogP contribution in [0.2, 0.25) is 0 Å². The topological polar surface area (TPSA) is 88.5 Å². The molecular weight excluding hydrogens is 426 g/mol.